The number of benzene rings is 1. The van der Waals surface area contributed by atoms with E-state index in [-0.39, 0.29) is 0 Å². The van der Waals surface area contributed by atoms with Crippen LogP contribution in [0.2, 0.25) is 0 Å². The first-order valence-electron chi connectivity index (χ1n) is 6.71. The van der Waals surface area contributed by atoms with E-state index >= 15 is 0 Å². The lowest BCUT2D eigenvalue weighted by atomic mass is 10.1. The van der Waals surface area contributed by atoms with Crippen molar-refractivity contribution < 1.29 is 0 Å². The summed E-state index contributed by atoms with van der Waals surface area (Å²) in [5.74, 6) is 0. The number of rotatable bonds is 9. The van der Waals surface area contributed by atoms with Gasteiger partial charge in [-0.2, -0.15) is 0 Å². The lowest BCUT2D eigenvalue weighted by Gasteiger charge is -1.98. The summed E-state index contributed by atoms with van der Waals surface area (Å²) in [4.78, 5) is 0. The number of unbranched alkanes of at least 4 members (excludes halogenated alkanes) is 6. The van der Waals surface area contributed by atoms with Crippen molar-refractivity contribution in [2.75, 3.05) is 4.43 Å². The van der Waals surface area contributed by atoms with Crippen LogP contribution in [0.15, 0.2) is 36.4 Å². The zero-order valence-electron chi connectivity index (χ0n) is 10.6. The molecule has 0 N–H and O–H groups in total. The third kappa shape index (κ3) is 8.42. The maximum absolute atomic E-state index is 2.46. The fourth-order valence-corrected chi connectivity index (χ4v) is 2.39. The predicted molar refractivity (Wildman–Crippen MR) is 86.7 cm³/mol. The summed E-state index contributed by atoms with van der Waals surface area (Å²) in [6.07, 6.45) is 14.1. The first-order valence-corrected chi connectivity index (χ1v) is 8.23. The summed E-state index contributed by atoms with van der Waals surface area (Å²) in [5, 5.41) is 0. The van der Waals surface area contributed by atoms with Gasteiger partial charge in [-0.1, -0.05) is 90.8 Å². The van der Waals surface area contributed by atoms with E-state index in [1.54, 1.807) is 0 Å². The van der Waals surface area contributed by atoms with E-state index in [9.17, 15) is 0 Å². The van der Waals surface area contributed by atoms with E-state index in [1.807, 2.05) is 0 Å². The maximum atomic E-state index is 2.46. The Kier molecular flexibility index (Phi) is 9.39. The molecule has 0 fully saturated rings. The van der Waals surface area contributed by atoms with Gasteiger partial charge in [0.25, 0.3) is 0 Å². The monoisotopic (exact) mass is 342 g/mol. The van der Waals surface area contributed by atoms with Crippen LogP contribution in [0.4, 0.5) is 0 Å². The van der Waals surface area contributed by atoms with Gasteiger partial charge in [-0.25, -0.2) is 0 Å². The van der Waals surface area contributed by atoms with Gasteiger partial charge in [-0.3, -0.25) is 0 Å². The van der Waals surface area contributed by atoms with Gasteiger partial charge >= 0.3 is 0 Å². The third-order valence-corrected chi connectivity index (χ3v) is 3.63. The summed E-state index contributed by atoms with van der Waals surface area (Å²) < 4.78 is 1.32. The standard InChI is InChI=1S/C16H23I/c17-15-11-6-4-2-1-3-5-8-12-16-13-9-7-10-14-16/h7-10,12-14H,1-6,11,15H2/b12-8+. The molecule has 0 heterocycles. The maximum Gasteiger partial charge on any atom is -0.000473 e. The van der Waals surface area contributed by atoms with Crippen LogP contribution in [-0.2, 0) is 0 Å². The summed E-state index contributed by atoms with van der Waals surface area (Å²) in [6.45, 7) is 0. The molecule has 0 aliphatic heterocycles. The van der Waals surface area contributed by atoms with Gasteiger partial charge in [-0.05, 0) is 29.3 Å². The number of hydrogen-bond donors (Lipinski definition) is 0. The molecule has 17 heavy (non-hydrogen) atoms. The van der Waals surface area contributed by atoms with Gasteiger partial charge in [0.1, 0.15) is 0 Å². The highest BCUT2D eigenvalue weighted by atomic mass is 127. The van der Waals surface area contributed by atoms with E-state index < -0.39 is 0 Å². The highest BCUT2D eigenvalue weighted by Gasteiger charge is 1.89. The van der Waals surface area contributed by atoms with Gasteiger partial charge in [-0.15, -0.1) is 0 Å². The highest BCUT2D eigenvalue weighted by Crippen LogP contribution is 2.09. The van der Waals surface area contributed by atoms with Crippen LogP contribution >= 0.6 is 22.6 Å². The van der Waals surface area contributed by atoms with Crippen LogP contribution in [0.3, 0.4) is 0 Å². The lowest BCUT2D eigenvalue weighted by Crippen LogP contribution is -1.80. The van der Waals surface area contributed by atoms with Gasteiger partial charge in [0, 0.05) is 0 Å². The molecule has 0 atom stereocenters. The van der Waals surface area contributed by atoms with Crippen molar-refractivity contribution in [3.8, 4) is 0 Å². The molecule has 1 heteroatoms. The molecule has 0 aliphatic rings. The molecule has 0 amide bonds. The van der Waals surface area contributed by atoms with Gasteiger partial charge in [0.15, 0.2) is 0 Å². The van der Waals surface area contributed by atoms with Crippen molar-refractivity contribution in [2.45, 2.75) is 44.9 Å². The number of hydrogen-bond acceptors (Lipinski definition) is 0. The van der Waals surface area contributed by atoms with E-state index in [2.05, 4.69) is 65.1 Å². The molecule has 1 rings (SSSR count). The highest BCUT2D eigenvalue weighted by molar-refractivity contribution is 14.1. The van der Waals surface area contributed by atoms with Crippen LogP contribution in [-0.4, -0.2) is 4.43 Å². The molecule has 0 bridgehead atoms. The van der Waals surface area contributed by atoms with Crippen LogP contribution in [0.25, 0.3) is 6.08 Å². The van der Waals surface area contributed by atoms with Crippen LogP contribution in [0, 0.1) is 0 Å². The Labute approximate surface area is 120 Å². The molecule has 0 unspecified atom stereocenters. The lowest BCUT2D eigenvalue weighted by molar-refractivity contribution is 0.615. The zero-order chi connectivity index (χ0) is 12.2. The molecule has 1 aromatic rings. The van der Waals surface area contributed by atoms with Crippen LogP contribution in [0.1, 0.15) is 50.5 Å². The first-order chi connectivity index (χ1) is 8.43. The quantitative estimate of drug-likeness (QED) is 0.299. The van der Waals surface area contributed by atoms with Crippen molar-refractivity contribution in [1.82, 2.24) is 0 Å². The summed E-state index contributed by atoms with van der Waals surface area (Å²) in [5.41, 5.74) is 1.31. The number of halogens is 1. The molecule has 0 radical (unpaired) electrons. The van der Waals surface area contributed by atoms with Crippen molar-refractivity contribution in [3.63, 3.8) is 0 Å². The molecule has 94 valence electrons. The van der Waals surface area contributed by atoms with E-state index in [0.29, 0.717) is 0 Å². The number of allylic oxidation sites excluding steroid dienone is 1. The Morgan fingerprint density at radius 2 is 1.47 bits per heavy atom. The smallest absolute Gasteiger partial charge is 0.000473 e. The molecule has 0 saturated heterocycles. The van der Waals surface area contributed by atoms with Gasteiger partial charge in [0.2, 0.25) is 0 Å². The fraction of sp³-hybridized carbons (Fsp3) is 0.500. The fourth-order valence-electron chi connectivity index (χ4n) is 1.85. The van der Waals surface area contributed by atoms with Gasteiger partial charge < -0.3 is 0 Å². The second-order valence-electron chi connectivity index (χ2n) is 4.41. The SMILES string of the molecule is ICCCCCCCC/C=C/c1ccccc1. The van der Waals surface area contributed by atoms with Crippen molar-refractivity contribution >= 4 is 28.7 Å². The largest absolute Gasteiger partial charge is 0.0864 e. The van der Waals surface area contributed by atoms with Crippen molar-refractivity contribution in [2.24, 2.45) is 0 Å². The Morgan fingerprint density at radius 1 is 0.824 bits per heavy atom. The normalized spacial score (nSPS) is 11.1. The molecule has 1 aromatic carbocycles. The molecule has 0 saturated carbocycles. The molecule has 0 aromatic heterocycles. The van der Waals surface area contributed by atoms with E-state index in [4.69, 9.17) is 0 Å². The van der Waals surface area contributed by atoms with E-state index in [1.165, 1.54) is 54.9 Å². The Hall–Kier alpha value is -0.310. The first kappa shape index (κ1) is 14.7. The number of alkyl halides is 1. The summed E-state index contributed by atoms with van der Waals surface area (Å²) in [6, 6.07) is 10.5. The second kappa shape index (κ2) is 10.8. The third-order valence-electron chi connectivity index (χ3n) is 2.86. The minimum absolute atomic E-state index is 1.22. The zero-order valence-corrected chi connectivity index (χ0v) is 12.7. The average molecular weight is 342 g/mol. The molecular formula is C16H23I. The second-order valence-corrected chi connectivity index (χ2v) is 5.49. The Bertz CT molecular complexity index is 290. The topological polar surface area (TPSA) is 0 Å². The molecule has 0 aliphatic carbocycles. The van der Waals surface area contributed by atoms with Crippen molar-refractivity contribution in [1.29, 1.82) is 0 Å². The average Bonchev–Trinajstić information content (AvgIpc) is 2.38. The summed E-state index contributed by atoms with van der Waals surface area (Å²) in [7, 11) is 0. The molecular weight excluding hydrogens is 319 g/mol. The van der Waals surface area contributed by atoms with Crippen molar-refractivity contribution in [3.05, 3.63) is 42.0 Å². The molecule has 0 spiro atoms. The van der Waals surface area contributed by atoms with Crippen LogP contribution < -0.4 is 0 Å². The minimum atomic E-state index is 1.22. The Morgan fingerprint density at radius 3 is 2.18 bits per heavy atom. The minimum Gasteiger partial charge on any atom is -0.0864 e. The summed E-state index contributed by atoms with van der Waals surface area (Å²) >= 11 is 2.46. The van der Waals surface area contributed by atoms with Gasteiger partial charge in [0.05, 0.1) is 0 Å². The van der Waals surface area contributed by atoms with E-state index in [0.717, 1.165) is 0 Å². The molecule has 0 nitrogen and oxygen atoms in total. The predicted octanol–water partition coefficient (Wildman–Crippen LogP) is 5.87. The van der Waals surface area contributed by atoms with Crippen LogP contribution in [0.5, 0.6) is 0 Å². The Balaban J connectivity index is 1.95.